The van der Waals surface area contributed by atoms with Gasteiger partial charge in [0.1, 0.15) is 12.4 Å². The molecular formula is C12H22N4O4S. The van der Waals surface area contributed by atoms with Crippen molar-refractivity contribution in [2.45, 2.75) is 32.2 Å². The maximum absolute atomic E-state index is 11.9. The number of carbonyl (C=O) groups excluding carboxylic acids is 1. The molecule has 0 aromatic carbocycles. The Balaban J connectivity index is 3.15. The minimum Gasteiger partial charge on any atom is -0.465 e. The van der Waals surface area contributed by atoms with Crippen LogP contribution in [0.4, 0.5) is 11.6 Å². The van der Waals surface area contributed by atoms with Gasteiger partial charge in [0.25, 0.3) is 0 Å². The molecule has 21 heavy (non-hydrogen) atoms. The highest BCUT2D eigenvalue weighted by atomic mass is 32.2. The molecule has 0 atom stereocenters. The summed E-state index contributed by atoms with van der Waals surface area (Å²) in [6.45, 7) is 6.18. The summed E-state index contributed by atoms with van der Waals surface area (Å²) in [6, 6.07) is 0. The lowest BCUT2D eigenvalue weighted by molar-refractivity contribution is -0.144. The summed E-state index contributed by atoms with van der Waals surface area (Å²) in [5.74, 6) is -0.138. The highest BCUT2D eigenvalue weighted by Gasteiger charge is 2.25. The van der Waals surface area contributed by atoms with Gasteiger partial charge in [0.05, 0.1) is 6.61 Å². The van der Waals surface area contributed by atoms with Crippen LogP contribution in [0.15, 0.2) is 4.90 Å². The number of hydrogen-bond acceptors (Lipinski definition) is 7. The molecule has 0 spiro atoms. The number of aromatic nitrogens is 2. The fourth-order valence-corrected chi connectivity index (χ4v) is 2.64. The Kier molecular flexibility index (Phi) is 5.59. The zero-order chi connectivity index (χ0) is 16.2. The highest BCUT2D eigenvalue weighted by Crippen LogP contribution is 2.27. The number of rotatable bonds is 7. The van der Waals surface area contributed by atoms with E-state index in [0.29, 0.717) is 12.5 Å². The van der Waals surface area contributed by atoms with Crippen LogP contribution in [-0.4, -0.2) is 43.6 Å². The van der Waals surface area contributed by atoms with Crippen molar-refractivity contribution in [3.05, 3.63) is 0 Å². The van der Waals surface area contributed by atoms with Gasteiger partial charge < -0.3 is 15.8 Å². The first-order valence-electron chi connectivity index (χ1n) is 6.62. The Hall–Kier alpha value is -1.77. The molecule has 0 saturated carbocycles. The van der Waals surface area contributed by atoms with Crippen molar-refractivity contribution >= 4 is 27.4 Å². The molecule has 1 heterocycles. The zero-order valence-electron chi connectivity index (χ0n) is 12.7. The number of nitrogens with one attached hydrogen (secondary N) is 1. The molecule has 1 aromatic rings. The summed E-state index contributed by atoms with van der Waals surface area (Å²) in [5.41, 5.74) is 5.81. The molecule has 0 fully saturated rings. The molecule has 3 N–H and O–H groups in total. The van der Waals surface area contributed by atoms with Crippen molar-refractivity contribution in [3.8, 4) is 0 Å². The number of hydrogen-bond donors (Lipinski definition) is 2. The first-order chi connectivity index (χ1) is 9.66. The molecule has 1 rings (SSSR count). The largest absolute Gasteiger partial charge is 0.465 e. The van der Waals surface area contributed by atoms with Crippen LogP contribution in [0, 0.1) is 5.92 Å². The number of carbonyl (C=O) groups is 1. The average Bonchev–Trinajstić information content (AvgIpc) is 2.63. The molecule has 0 aliphatic rings. The third kappa shape index (κ3) is 4.62. The van der Waals surface area contributed by atoms with E-state index in [9.17, 15) is 13.2 Å². The second-order valence-electron chi connectivity index (χ2n) is 5.07. The van der Waals surface area contributed by atoms with E-state index in [0.717, 1.165) is 10.9 Å². The maximum Gasteiger partial charge on any atom is 0.327 e. The summed E-state index contributed by atoms with van der Waals surface area (Å²) in [5, 5.41) is 7.01. The number of esters is 1. The number of nitrogens with two attached hydrogens (primary N) is 1. The smallest absolute Gasteiger partial charge is 0.327 e. The summed E-state index contributed by atoms with van der Waals surface area (Å²) in [4.78, 5) is 11.4. The Morgan fingerprint density at radius 3 is 2.57 bits per heavy atom. The Bertz CT molecular complexity index is 607. The standard InChI is InChI=1S/C12H22N4O4S/c1-5-20-9(17)7-16-11(13)10(21(4,18)19)12(15-16)14-6-8(2)3/h8H,5-7,13H2,1-4H3,(H,14,15). The van der Waals surface area contributed by atoms with Gasteiger partial charge in [0, 0.05) is 12.8 Å². The second kappa shape index (κ2) is 6.79. The highest BCUT2D eigenvalue weighted by molar-refractivity contribution is 7.91. The van der Waals surface area contributed by atoms with Gasteiger partial charge in [0.2, 0.25) is 0 Å². The monoisotopic (exact) mass is 318 g/mol. The quantitative estimate of drug-likeness (QED) is 0.703. The molecule has 0 bridgehead atoms. The number of nitrogens with zero attached hydrogens (tertiary/aromatic N) is 2. The Labute approximate surface area is 124 Å². The first kappa shape index (κ1) is 17.3. The van der Waals surface area contributed by atoms with Crippen LogP contribution in [0.1, 0.15) is 20.8 Å². The lowest BCUT2D eigenvalue weighted by atomic mass is 10.2. The van der Waals surface area contributed by atoms with Gasteiger partial charge in [-0.25, -0.2) is 13.1 Å². The van der Waals surface area contributed by atoms with Gasteiger partial charge in [-0.3, -0.25) is 4.79 Å². The Morgan fingerprint density at radius 2 is 2.10 bits per heavy atom. The minimum absolute atomic E-state index is 0.0724. The van der Waals surface area contributed by atoms with Gasteiger partial charge in [-0.2, -0.15) is 5.10 Å². The van der Waals surface area contributed by atoms with Crippen LogP contribution in [0.3, 0.4) is 0 Å². The van der Waals surface area contributed by atoms with E-state index in [1.54, 1.807) is 6.92 Å². The van der Waals surface area contributed by atoms with Crippen molar-refractivity contribution in [2.24, 2.45) is 5.92 Å². The number of sulfone groups is 1. The molecule has 0 unspecified atom stereocenters. The molecule has 1 aromatic heterocycles. The molecule has 0 amide bonds. The van der Waals surface area contributed by atoms with Crippen LogP contribution in [-0.2, 0) is 25.9 Å². The van der Waals surface area contributed by atoms with Gasteiger partial charge in [-0.1, -0.05) is 13.8 Å². The predicted octanol–water partition coefficient (Wildman–Crippen LogP) is 0.500. The summed E-state index contributed by atoms with van der Waals surface area (Å²) in [6.07, 6.45) is 1.05. The van der Waals surface area contributed by atoms with Gasteiger partial charge in [-0.05, 0) is 12.8 Å². The Morgan fingerprint density at radius 1 is 1.48 bits per heavy atom. The van der Waals surface area contributed by atoms with E-state index in [1.165, 1.54) is 0 Å². The molecule has 0 aliphatic heterocycles. The van der Waals surface area contributed by atoms with Gasteiger partial charge >= 0.3 is 5.97 Å². The summed E-state index contributed by atoms with van der Waals surface area (Å²) < 4.78 is 29.7. The normalized spacial score (nSPS) is 11.7. The molecule has 8 nitrogen and oxygen atoms in total. The average molecular weight is 318 g/mol. The van der Waals surface area contributed by atoms with E-state index in [1.807, 2.05) is 13.8 Å². The lowest BCUT2D eigenvalue weighted by Gasteiger charge is -2.07. The molecule has 0 saturated heterocycles. The van der Waals surface area contributed by atoms with Crippen molar-refractivity contribution in [3.63, 3.8) is 0 Å². The van der Waals surface area contributed by atoms with Crippen LogP contribution in [0.2, 0.25) is 0 Å². The molecule has 9 heteroatoms. The number of ether oxygens (including phenoxy) is 1. The second-order valence-corrected chi connectivity index (χ2v) is 7.03. The van der Waals surface area contributed by atoms with Crippen LogP contribution >= 0.6 is 0 Å². The van der Waals surface area contributed by atoms with Crippen LogP contribution in [0.25, 0.3) is 0 Å². The van der Waals surface area contributed by atoms with Crippen molar-refractivity contribution in [1.29, 1.82) is 0 Å². The van der Waals surface area contributed by atoms with E-state index < -0.39 is 15.8 Å². The molecule has 120 valence electrons. The van der Waals surface area contributed by atoms with Crippen molar-refractivity contribution in [1.82, 2.24) is 9.78 Å². The van der Waals surface area contributed by atoms with E-state index in [4.69, 9.17) is 10.5 Å². The first-order valence-corrected chi connectivity index (χ1v) is 8.51. The third-order valence-corrected chi connectivity index (χ3v) is 3.72. The van der Waals surface area contributed by atoms with Crippen molar-refractivity contribution < 1.29 is 17.9 Å². The lowest BCUT2D eigenvalue weighted by Crippen LogP contribution is -2.16. The van der Waals surface area contributed by atoms with Gasteiger partial charge in [0.15, 0.2) is 20.6 Å². The third-order valence-electron chi connectivity index (χ3n) is 2.58. The van der Waals surface area contributed by atoms with Crippen molar-refractivity contribution in [2.75, 3.05) is 30.5 Å². The molecular weight excluding hydrogens is 296 g/mol. The van der Waals surface area contributed by atoms with Crippen LogP contribution < -0.4 is 11.1 Å². The molecule has 0 aliphatic carbocycles. The number of nitrogen functional groups attached to an aromatic ring is 1. The number of anilines is 2. The summed E-state index contributed by atoms with van der Waals surface area (Å²) in [7, 11) is -3.56. The van der Waals surface area contributed by atoms with E-state index in [2.05, 4.69) is 10.4 Å². The minimum atomic E-state index is -3.56. The van der Waals surface area contributed by atoms with E-state index >= 15 is 0 Å². The van der Waals surface area contributed by atoms with Crippen LogP contribution in [0.5, 0.6) is 0 Å². The fraction of sp³-hybridized carbons (Fsp3) is 0.667. The van der Waals surface area contributed by atoms with E-state index in [-0.39, 0.29) is 29.7 Å². The molecule has 0 radical (unpaired) electrons. The SMILES string of the molecule is CCOC(=O)Cn1nc(NCC(C)C)c(S(C)(=O)=O)c1N. The fourth-order valence-electron chi connectivity index (χ4n) is 1.69. The van der Waals surface area contributed by atoms with Gasteiger partial charge in [-0.15, -0.1) is 0 Å². The topological polar surface area (TPSA) is 116 Å². The predicted molar refractivity (Wildman–Crippen MR) is 79.7 cm³/mol. The maximum atomic E-state index is 11.9. The zero-order valence-corrected chi connectivity index (χ0v) is 13.5. The summed E-state index contributed by atoms with van der Waals surface area (Å²) >= 11 is 0.